The summed E-state index contributed by atoms with van der Waals surface area (Å²) in [7, 11) is 0. The van der Waals surface area contributed by atoms with Crippen LogP contribution in [0.3, 0.4) is 0 Å². The molecule has 0 aromatic carbocycles. The van der Waals surface area contributed by atoms with Crippen LogP contribution >= 0.6 is 0 Å². The molecule has 0 bridgehead atoms. The van der Waals surface area contributed by atoms with Crippen molar-refractivity contribution in [3.63, 3.8) is 0 Å². The Morgan fingerprint density at radius 2 is 1.74 bits per heavy atom. The molecular weight excluding hydrogens is 234 g/mol. The highest BCUT2D eigenvalue weighted by molar-refractivity contribution is 4.95. The molecule has 1 unspecified atom stereocenters. The molecule has 1 fully saturated rings. The van der Waals surface area contributed by atoms with Gasteiger partial charge in [0.05, 0.1) is 5.60 Å². The van der Waals surface area contributed by atoms with Crippen LogP contribution in [-0.4, -0.2) is 24.8 Å². The zero-order chi connectivity index (χ0) is 14.0. The van der Waals surface area contributed by atoms with Crippen LogP contribution < -0.4 is 5.32 Å². The summed E-state index contributed by atoms with van der Waals surface area (Å²) < 4.78 is 6.28. The minimum absolute atomic E-state index is 0.134. The van der Waals surface area contributed by atoms with Gasteiger partial charge < -0.3 is 10.1 Å². The molecular formula is C17H35NO. The third-order valence-corrected chi connectivity index (χ3v) is 4.56. The maximum Gasteiger partial charge on any atom is 0.0834 e. The molecule has 1 aliphatic rings. The van der Waals surface area contributed by atoms with Gasteiger partial charge in [-0.1, -0.05) is 58.8 Å². The van der Waals surface area contributed by atoms with Gasteiger partial charge in [0.25, 0.3) is 0 Å². The molecule has 0 amide bonds. The summed E-state index contributed by atoms with van der Waals surface area (Å²) in [5.74, 6) is 0. The van der Waals surface area contributed by atoms with E-state index in [1.165, 1.54) is 64.2 Å². The first-order valence-electron chi connectivity index (χ1n) is 8.66. The lowest BCUT2D eigenvalue weighted by Gasteiger charge is -2.44. The van der Waals surface area contributed by atoms with Crippen molar-refractivity contribution in [3.05, 3.63) is 0 Å². The lowest BCUT2D eigenvalue weighted by atomic mass is 9.77. The Kier molecular flexibility index (Phi) is 8.72. The molecule has 2 nitrogen and oxygen atoms in total. The van der Waals surface area contributed by atoms with E-state index in [4.69, 9.17) is 4.74 Å². The van der Waals surface area contributed by atoms with Gasteiger partial charge in [-0.05, 0) is 32.7 Å². The summed E-state index contributed by atoms with van der Waals surface area (Å²) >= 11 is 0. The molecule has 0 aromatic rings. The van der Waals surface area contributed by atoms with Gasteiger partial charge in [-0.25, -0.2) is 0 Å². The minimum atomic E-state index is 0.134. The van der Waals surface area contributed by atoms with E-state index in [0.29, 0.717) is 6.04 Å². The molecule has 1 atom stereocenters. The fourth-order valence-electron chi connectivity index (χ4n) is 3.60. The van der Waals surface area contributed by atoms with Crippen molar-refractivity contribution in [2.24, 2.45) is 0 Å². The average molecular weight is 269 g/mol. The van der Waals surface area contributed by atoms with Crippen LogP contribution in [0.15, 0.2) is 0 Å². The Morgan fingerprint density at radius 1 is 1.00 bits per heavy atom. The molecule has 0 saturated heterocycles. The van der Waals surface area contributed by atoms with Crippen molar-refractivity contribution in [1.29, 1.82) is 0 Å². The Labute approximate surface area is 120 Å². The van der Waals surface area contributed by atoms with E-state index in [2.05, 4.69) is 26.1 Å². The van der Waals surface area contributed by atoms with Crippen LogP contribution in [0, 0.1) is 0 Å². The average Bonchev–Trinajstić information content (AvgIpc) is 2.43. The van der Waals surface area contributed by atoms with Crippen LogP contribution in [-0.2, 0) is 4.74 Å². The molecule has 2 heteroatoms. The SMILES string of the molecule is CCCCCCC(NCC)C1(OCC)CCCCC1. The van der Waals surface area contributed by atoms with Gasteiger partial charge in [-0.3, -0.25) is 0 Å². The predicted octanol–water partition coefficient (Wildman–Crippen LogP) is 4.67. The number of nitrogens with one attached hydrogen (secondary N) is 1. The summed E-state index contributed by atoms with van der Waals surface area (Å²) in [6.45, 7) is 8.58. The topological polar surface area (TPSA) is 21.3 Å². The standard InChI is InChI=1S/C17H35NO/c1-4-7-8-10-13-16(18-5-2)17(19-6-3)14-11-9-12-15-17/h16,18H,4-15H2,1-3H3. The normalized spacial score (nSPS) is 20.4. The van der Waals surface area contributed by atoms with Crippen LogP contribution in [0.2, 0.25) is 0 Å². The van der Waals surface area contributed by atoms with E-state index < -0.39 is 0 Å². The number of likely N-dealkylation sites (N-methyl/N-ethyl adjacent to an activating group) is 1. The summed E-state index contributed by atoms with van der Waals surface area (Å²) in [6, 6.07) is 0.564. The monoisotopic (exact) mass is 269 g/mol. The lowest BCUT2D eigenvalue weighted by molar-refractivity contribution is -0.0915. The Bertz CT molecular complexity index is 206. The zero-order valence-corrected chi connectivity index (χ0v) is 13.5. The molecule has 0 spiro atoms. The van der Waals surface area contributed by atoms with Gasteiger partial charge in [-0.15, -0.1) is 0 Å². The van der Waals surface area contributed by atoms with Crippen molar-refractivity contribution < 1.29 is 4.74 Å². The van der Waals surface area contributed by atoms with Crippen molar-refractivity contribution >= 4 is 0 Å². The quantitative estimate of drug-likeness (QED) is 0.582. The predicted molar refractivity (Wildman–Crippen MR) is 83.7 cm³/mol. The molecule has 1 N–H and O–H groups in total. The second kappa shape index (κ2) is 9.77. The molecule has 19 heavy (non-hydrogen) atoms. The fraction of sp³-hybridized carbons (Fsp3) is 1.00. The van der Waals surface area contributed by atoms with E-state index in [9.17, 15) is 0 Å². The number of hydrogen-bond donors (Lipinski definition) is 1. The van der Waals surface area contributed by atoms with Gasteiger partial charge >= 0.3 is 0 Å². The summed E-state index contributed by atoms with van der Waals surface area (Å²) in [6.07, 6.45) is 13.3. The van der Waals surface area contributed by atoms with E-state index in [1.54, 1.807) is 0 Å². The lowest BCUT2D eigenvalue weighted by Crippen LogP contribution is -2.53. The Balaban J connectivity index is 2.57. The molecule has 0 radical (unpaired) electrons. The van der Waals surface area contributed by atoms with Gasteiger partial charge in [0.2, 0.25) is 0 Å². The molecule has 1 aliphatic carbocycles. The smallest absolute Gasteiger partial charge is 0.0834 e. The highest BCUT2D eigenvalue weighted by Gasteiger charge is 2.39. The third kappa shape index (κ3) is 5.43. The van der Waals surface area contributed by atoms with Crippen molar-refractivity contribution in [3.8, 4) is 0 Å². The first-order valence-corrected chi connectivity index (χ1v) is 8.66. The molecule has 1 rings (SSSR count). The van der Waals surface area contributed by atoms with Crippen molar-refractivity contribution in [1.82, 2.24) is 5.32 Å². The third-order valence-electron chi connectivity index (χ3n) is 4.56. The molecule has 1 saturated carbocycles. The molecule has 114 valence electrons. The maximum absolute atomic E-state index is 6.28. The molecule has 0 aromatic heterocycles. The summed E-state index contributed by atoms with van der Waals surface area (Å²) in [4.78, 5) is 0. The van der Waals surface area contributed by atoms with Crippen molar-refractivity contribution in [2.45, 2.75) is 96.6 Å². The van der Waals surface area contributed by atoms with Gasteiger partial charge in [-0.2, -0.15) is 0 Å². The number of rotatable bonds is 10. The van der Waals surface area contributed by atoms with Crippen LogP contribution in [0.25, 0.3) is 0 Å². The summed E-state index contributed by atoms with van der Waals surface area (Å²) in [5, 5.41) is 3.73. The van der Waals surface area contributed by atoms with Crippen LogP contribution in [0.4, 0.5) is 0 Å². The van der Waals surface area contributed by atoms with E-state index in [0.717, 1.165) is 13.2 Å². The number of unbranched alkanes of at least 4 members (excludes halogenated alkanes) is 3. The highest BCUT2D eigenvalue weighted by Crippen LogP contribution is 2.36. The second-order valence-corrected chi connectivity index (χ2v) is 6.02. The molecule has 0 aliphatic heterocycles. The van der Waals surface area contributed by atoms with E-state index >= 15 is 0 Å². The second-order valence-electron chi connectivity index (χ2n) is 6.02. The fourth-order valence-corrected chi connectivity index (χ4v) is 3.60. The van der Waals surface area contributed by atoms with Gasteiger partial charge in [0, 0.05) is 12.6 Å². The minimum Gasteiger partial charge on any atom is -0.374 e. The Morgan fingerprint density at radius 3 is 2.32 bits per heavy atom. The Hall–Kier alpha value is -0.0800. The number of hydrogen-bond acceptors (Lipinski definition) is 2. The molecule has 0 heterocycles. The first-order chi connectivity index (χ1) is 9.29. The maximum atomic E-state index is 6.28. The van der Waals surface area contributed by atoms with Gasteiger partial charge in [0.1, 0.15) is 0 Å². The number of ether oxygens (including phenoxy) is 1. The largest absolute Gasteiger partial charge is 0.374 e. The van der Waals surface area contributed by atoms with Crippen molar-refractivity contribution in [2.75, 3.05) is 13.2 Å². The van der Waals surface area contributed by atoms with Gasteiger partial charge in [0.15, 0.2) is 0 Å². The van der Waals surface area contributed by atoms with Crippen LogP contribution in [0.1, 0.15) is 85.0 Å². The van der Waals surface area contributed by atoms with E-state index in [-0.39, 0.29) is 5.60 Å². The van der Waals surface area contributed by atoms with Crippen LogP contribution in [0.5, 0.6) is 0 Å². The van der Waals surface area contributed by atoms with E-state index in [1.807, 2.05) is 0 Å². The summed E-state index contributed by atoms with van der Waals surface area (Å²) in [5.41, 5.74) is 0.134. The highest BCUT2D eigenvalue weighted by atomic mass is 16.5. The first kappa shape index (κ1) is 17.0. The zero-order valence-electron chi connectivity index (χ0n) is 13.5.